The molecular formula is CH2N3S. The van der Waals surface area contributed by atoms with E-state index in [9.17, 15) is 0 Å². The highest BCUT2D eigenvalue weighted by molar-refractivity contribution is 7.47. The van der Waals surface area contributed by atoms with Crippen molar-refractivity contribution in [1.82, 2.24) is 5.73 Å². The predicted octanol–water partition coefficient (Wildman–Crippen LogP) is -0.0654. The van der Waals surface area contributed by atoms with Gasteiger partial charge in [0, 0.05) is 12.4 Å². The van der Waals surface area contributed by atoms with Gasteiger partial charge in [0.25, 0.3) is 0 Å². The molecule has 0 unspecified atom stereocenters. The van der Waals surface area contributed by atoms with Gasteiger partial charge < -0.3 is 0 Å². The monoisotopic (exact) mass is 88.0 g/mol. The summed E-state index contributed by atoms with van der Waals surface area (Å²) in [5.74, 6) is -0.556. The smallest absolute Gasteiger partial charge is 0.245 e. The standard InChI is InChI=1S/CH2N3S/c2-1(3)4-5/h2-3H. The van der Waals surface area contributed by atoms with E-state index >= 15 is 0 Å². The summed E-state index contributed by atoms with van der Waals surface area (Å²) in [6.45, 7) is 0. The molecule has 0 saturated carbocycles. The van der Waals surface area contributed by atoms with Gasteiger partial charge in [-0.15, -0.1) is 4.36 Å². The maximum absolute atomic E-state index is 6.14. The van der Waals surface area contributed by atoms with Crippen LogP contribution in [0, 0.1) is 5.41 Å². The van der Waals surface area contributed by atoms with Crippen LogP contribution in [0.4, 0.5) is 0 Å². The first-order valence-electron chi connectivity index (χ1n) is 0.906. The average Bonchev–Trinajstić information content (AvgIpc) is 1.38. The minimum atomic E-state index is -0.556. The Kier molecular flexibility index (Phi) is 1.60. The third kappa shape index (κ3) is 3.49. The first kappa shape index (κ1) is 4.49. The van der Waals surface area contributed by atoms with Gasteiger partial charge in [-0.1, -0.05) is 0 Å². The van der Waals surface area contributed by atoms with E-state index in [-0.39, 0.29) is 0 Å². The highest BCUT2D eigenvalue weighted by atomic mass is 32.1. The largest absolute Gasteiger partial charge is 0.265 e. The van der Waals surface area contributed by atoms with Crippen molar-refractivity contribution in [1.29, 1.82) is 5.41 Å². The SMILES string of the molecule is [NH]C(=N)N=S. The molecule has 27 valence electrons. The van der Waals surface area contributed by atoms with Crippen LogP contribution in [-0.4, -0.2) is 5.96 Å². The van der Waals surface area contributed by atoms with Crippen LogP contribution in [-0.2, 0) is 12.4 Å². The molecule has 0 aromatic carbocycles. The number of nitrogens with one attached hydrogen (secondary N) is 2. The molecule has 2 N–H and O–H groups in total. The van der Waals surface area contributed by atoms with Crippen molar-refractivity contribution in [3.05, 3.63) is 0 Å². The molecule has 0 aromatic heterocycles. The molecule has 0 aliphatic carbocycles. The van der Waals surface area contributed by atoms with Gasteiger partial charge in [0.2, 0.25) is 5.96 Å². The van der Waals surface area contributed by atoms with Gasteiger partial charge in [-0.3, -0.25) is 11.1 Å². The van der Waals surface area contributed by atoms with Crippen LogP contribution in [0.25, 0.3) is 0 Å². The second kappa shape index (κ2) is 1.78. The molecule has 0 fully saturated rings. The zero-order chi connectivity index (χ0) is 4.28. The molecule has 0 aliphatic rings. The van der Waals surface area contributed by atoms with Crippen molar-refractivity contribution < 1.29 is 0 Å². The van der Waals surface area contributed by atoms with Gasteiger partial charge in [0.05, 0.1) is 0 Å². The Morgan fingerprint density at radius 2 is 2.00 bits per heavy atom. The predicted molar refractivity (Wildman–Crippen MR) is 20.6 cm³/mol. The van der Waals surface area contributed by atoms with Crippen molar-refractivity contribution in [3.8, 4) is 0 Å². The van der Waals surface area contributed by atoms with Crippen LogP contribution in [0.1, 0.15) is 0 Å². The van der Waals surface area contributed by atoms with E-state index in [0.717, 1.165) is 0 Å². The molecule has 1 radical (unpaired) electrons. The van der Waals surface area contributed by atoms with E-state index in [0.29, 0.717) is 0 Å². The summed E-state index contributed by atoms with van der Waals surface area (Å²) in [5.41, 5.74) is 6.14. The second-order valence-electron chi connectivity index (χ2n) is 0.440. The molecule has 0 saturated heterocycles. The highest BCUT2D eigenvalue weighted by Crippen LogP contribution is 1.54. The van der Waals surface area contributed by atoms with Gasteiger partial charge in [0.1, 0.15) is 0 Å². The van der Waals surface area contributed by atoms with E-state index in [1.807, 2.05) is 0 Å². The van der Waals surface area contributed by atoms with Crippen molar-refractivity contribution in [2.24, 2.45) is 4.36 Å². The summed E-state index contributed by atoms with van der Waals surface area (Å²) in [4.78, 5) is 0. The molecule has 5 heavy (non-hydrogen) atoms. The Morgan fingerprint density at radius 1 is 1.80 bits per heavy atom. The maximum atomic E-state index is 6.14. The third-order valence-corrected chi connectivity index (χ3v) is 0.274. The average molecular weight is 88.1 g/mol. The number of rotatable bonds is 0. The van der Waals surface area contributed by atoms with Gasteiger partial charge in [-0.2, -0.15) is 0 Å². The Bertz CT molecular complexity index is 57.9. The Balaban J connectivity index is 3.20. The van der Waals surface area contributed by atoms with Crippen LogP contribution >= 0.6 is 0 Å². The van der Waals surface area contributed by atoms with Gasteiger partial charge >= 0.3 is 0 Å². The molecule has 0 amide bonds. The summed E-state index contributed by atoms with van der Waals surface area (Å²) in [6, 6.07) is 0. The number of nitrogens with zero attached hydrogens (tertiary/aromatic N) is 1. The first-order valence-corrected chi connectivity index (χ1v) is 1.27. The normalized spacial score (nSPS) is 6.40. The Morgan fingerprint density at radius 3 is 2.00 bits per heavy atom. The van der Waals surface area contributed by atoms with Crippen molar-refractivity contribution in [2.75, 3.05) is 0 Å². The quantitative estimate of drug-likeness (QED) is 0.327. The van der Waals surface area contributed by atoms with Crippen LogP contribution in [0.15, 0.2) is 4.36 Å². The minimum Gasteiger partial charge on any atom is -0.265 e. The fourth-order valence-electron chi connectivity index (χ4n) is 0. The van der Waals surface area contributed by atoms with E-state index in [1.165, 1.54) is 0 Å². The highest BCUT2D eigenvalue weighted by Gasteiger charge is 1.68. The lowest BCUT2D eigenvalue weighted by Crippen LogP contribution is -1.84. The third-order valence-electron chi connectivity index (χ3n) is 0.0913. The second-order valence-corrected chi connectivity index (χ2v) is 0.622. The minimum absolute atomic E-state index is 0.556. The molecule has 0 aromatic rings. The number of hydrogen-bond donors (Lipinski definition) is 1. The van der Waals surface area contributed by atoms with Crippen molar-refractivity contribution >= 4 is 18.4 Å². The summed E-state index contributed by atoms with van der Waals surface area (Å²) in [7, 11) is 0. The first-order chi connectivity index (χ1) is 2.27. The van der Waals surface area contributed by atoms with Crippen LogP contribution in [0.5, 0.6) is 0 Å². The molecule has 4 heteroatoms. The molecular weight excluding hydrogens is 86.1 g/mol. The van der Waals surface area contributed by atoms with Crippen molar-refractivity contribution in [3.63, 3.8) is 0 Å². The molecule has 0 heterocycles. The fraction of sp³-hybridized carbons (Fsp3) is 0. The van der Waals surface area contributed by atoms with E-state index in [4.69, 9.17) is 11.1 Å². The van der Waals surface area contributed by atoms with Crippen LogP contribution in [0.3, 0.4) is 0 Å². The van der Waals surface area contributed by atoms with E-state index in [2.05, 4.69) is 16.8 Å². The van der Waals surface area contributed by atoms with Crippen LogP contribution in [0.2, 0.25) is 0 Å². The van der Waals surface area contributed by atoms with Gasteiger partial charge in [0.15, 0.2) is 0 Å². The number of guanidine groups is 1. The summed E-state index contributed by atoms with van der Waals surface area (Å²) >= 11 is 3.89. The number of hydrogen-bond acceptors (Lipinski definition) is 2. The fourth-order valence-corrected chi connectivity index (χ4v) is 0. The Hall–Kier alpha value is -0.510. The summed E-state index contributed by atoms with van der Waals surface area (Å²) < 4.78 is 2.72. The zero-order valence-electron chi connectivity index (χ0n) is 2.36. The lowest BCUT2D eigenvalue weighted by Gasteiger charge is -1.65. The lowest BCUT2D eigenvalue weighted by molar-refractivity contribution is 1.37. The van der Waals surface area contributed by atoms with Gasteiger partial charge in [-0.05, 0) is 0 Å². The molecule has 0 atom stereocenters. The molecule has 0 bridgehead atoms. The lowest BCUT2D eigenvalue weighted by atomic mass is 11.1. The Labute approximate surface area is 34.9 Å². The summed E-state index contributed by atoms with van der Waals surface area (Å²) in [5, 5.41) is 6.14. The molecule has 0 rings (SSSR count). The molecule has 0 aliphatic heterocycles. The van der Waals surface area contributed by atoms with E-state index in [1.54, 1.807) is 0 Å². The summed E-state index contributed by atoms with van der Waals surface area (Å²) in [6.07, 6.45) is 0. The molecule has 0 spiro atoms. The zero-order valence-corrected chi connectivity index (χ0v) is 3.17. The topological polar surface area (TPSA) is 60.0 Å². The van der Waals surface area contributed by atoms with E-state index < -0.39 is 5.96 Å². The maximum Gasteiger partial charge on any atom is 0.245 e. The van der Waals surface area contributed by atoms with Crippen LogP contribution < -0.4 is 5.73 Å². The van der Waals surface area contributed by atoms with Crippen molar-refractivity contribution in [2.45, 2.75) is 0 Å². The molecule has 3 nitrogen and oxygen atoms in total. The van der Waals surface area contributed by atoms with Gasteiger partial charge in [-0.25, -0.2) is 0 Å².